The van der Waals surface area contributed by atoms with Crippen molar-refractivity contribution in [1.29, 1.82) is 0 Å². The summed E-state index contributed by atoms with van der Waals surface area (Å²) in [4.78, 5) is 17.2. The summed E-state index contributed by atoms with van der Waals surface area (Å²) in [6.45, 7) is 11.0. The highest BCUT2D eigenvalue weighted by Crippen LogP contribution is 2.38. The van der Waals surface area contributed by atoms with E-state index < -0.39 is 0 Å². The number of likely N-dealkylation sites (N-methyl/N-ethyl adjacent to an activating group) is 1. The fraction of sp³-hybridized carbons (Fsp3) is 0.375. The maximum Gasteiger partial charge on any atom is 0.291 e. The third-order valence-corrected chi connectivity index (χ3v) is 7.40. The maximum atomic E-state index is 12.8. The monoisotopic (exact) mass is 425 g/mol. The van der Waals surface area contributed by atoms with Gasteiger partial charge in [-0.3, -0.25) is 4.79 Å². The van der Waals surface area contributed by atoms with Crippen molar-refractivity contribution in [3.8, 4) is 0 Å². The van der Waals surface area contributed by atoms with Gasteiger partial charge in [0.1, 0.15) is 37.2 Å². The summed E-state index contributed by atoms with van der Waals surface area (Å²) in [7, 11) is 2.27. The number of carbonyl (C=O) groups excluding carboxylic acids is 1. The Balaban J connectivity index is 1.76. The lowest BCUT2D eigenvalue weighted by Gasteiger charge is -2.34. The molecule has 1 amide bonds. The molecule has 3 N–H and O–H groups in total. The van der Waals surface area contributed by atoms with Gasteiger partial charge in [-0.25, -0.2) is 0 Å². The number of anilines is 1. The van der Waals surface area contributed by atoms with E-state index in [9.17, 15) is 4.79 Å². The number of carbonyl (C=O) groups is 1. The van der Waals surface area contributed by atoms with Crippen molar-refractivity contribution in [3.05, 3.63) is 75.6 Å². The number of benzene rings is 1. The molecule has 5 nitrogen and oxygen atoms in total. The van der Waals surface area contributed by atoms with Crippen molar-refractivity contribution in [2.45, 2.75) is 26.8 Å². The first-order valence-corrected chi connectivity index (χ1v) is 11.4. The first-order valence-electron chi connectivity index (χ1n) is 10.6. The Morgan fingerprint density at radius 1 is 1.07 bits per heavy atom. The fourth-order valence-corrected chi connectivity index (χ4v) is 5.40. The van der Waals surface area contributed by atoms with Crippen LogP contribution in [-0.4, -0.2) is 39.1 Å². The van der Waals surface area contributed by atoms with E-state index in [1.807, 2.05) is 0 Å². The molecule has 6 heteroatoms. The molecule has 158 valence electrons. The lowest BCUT2D eigenvalue weighted by atomic mass is 9.93. The van der Waals surface area contributed by atoms with E-state index in [0.29, 0.717) is 5.76 Å². The minimum absolute atomic E-state index is 0.192. The Hall–Kier alpha value is -2.41. The van der Waals surface area contributed by atoms with E-state index in [0.717, 1.165) is 31.2 Å². The van der Waals surface area contributed by atoms with Crippen LogP contribution < -0.4 is 15.1 Å². The Labute approximate surface area is 182 Å². The molecule has 1 atom stereocenters. The summed E-state index contributed by atoms with van der Waals surface area (Å²) in [5.41, 5.74) is 5.10. The zero-order valence-electron chi connectivity index (χ0n) is 18.2. The highest BCUT2D eigenvalue weighted by atomic mass is 32.1. The van der Waals surface area contributed by atoms with Gasteiger partial charge in [0.05, 0.1) is 18.9 Å². The van der Waals surface area contributed by atoms with Crippen molar-refractivity contribution in [2.75, 3.05) is 38.5 Å². The minimum Gasteiger partial charge on any atom is -0.459 e. The summed E-state index contributed by atoms with van der Waals surface area (Å²) in [5, 5.41) is 4.09. The number of piperazine rings is 1. The lowest BCUT2D eigenvalue weighted by Crippen LogP contribution is -3.27. The lowest BCUT2D eigenvalue weighted by molar-refractivity contribution is -1.02. The topological polar surface area (TPSA) is 51.1 Å². The SMILES string of the molecule is Cc1ccc([C@@H](c2c(NC(=O)c3ccco3)sc(C)c2C)[NH+]2CC[NH+](C)CC2)cc1. The predicted octanol–water partition coefficient (Wildman–Crippen LogP) is 2.02. The summed E-state index contributed by atoms with van der Waals surface area (Å²) < 4.78 is 5.32. The second-order valence-corrected chi connectivity index (χ2v) is 9.64. The zero-order valence-corrected chi connectivity index (χ0v) is 19.0. The van der Waals surface area contributed by atoms with Crippen LogP contribution in [0.3, 0.4) is 0 Å². The number of quaternary nitrogens is 2. The molecule has 0 unspecified atom stereocenters. The first kappa shape index (κ1) is 20.8. The van der Waals surface area contributed by atoms with E-state index in [1.165, 1.54) is 33.4 Å². The number of hydrogen-bond donors (Lipinski definition) is 3. The van der Waals surface area contributed by atoms with Gasteiger partial charge in [-0.05, 0) is 38.5 Å². The van der Waals surface area contributed by atoms with Gasteiger partial charge in [0, 0.05) is 10.4 Å². The number of amides is 1. The molecule has 3 aromatic rings. The van der Waals surface area contributed by atoms with E-state index in [2.05, 4.69) is 57.4 Å². The van der Waals surface area contributed by atoms with Crippen molar-refractivity contribution in [3.63, 3.8) is 0 Å². The maximum absolute atomic E-state index is 12.8. The van der Waals surface area contributed by atoms with Gasteiger partial charge in [0.25, 0.3) is 5.91 Å². The van der Waals surface area contributed by atoms with Crippen LogP contribution in [0.1, 0.15) is 43.7 Å². The van der Waals surface area contributed by atoms with E-state index >= 15 is 0 Å². The summed E-state index contributed by atoms with van der Waals surface area (Å²) in [6, 6.07) is 12.5. The Morgan fingerprint density at radius 3 is 2.40 bits per heavy atom. The average molecular weight is 426 g/mol. The Bertz CT molecular complexity index is 1000. The molecule has 2 aromatic heterocycles. The van der Waals surface area contributed by atoms with Crippen LogP contribution in [0.5, 0.6) is 0 Å². The molecule has 3 heterocycles. The molecule has 1 aliphatic rings. The van der Waals surface area contributed by atoms with Crippen molar-refractivity contribution >= 4 is 22.2 Å². The predicted molar refractivity (Wildman–Crippen MR) is 121 cm³/mol. The van der Waals surface area contributed by atoms with E-state index in [-0.39, 0.29) is 11.9 Å². The van der Waals surface area contributed by atoms with Gasteiger partial charge >= 0.3 is 0 Å². The molecule has 1 aliphatic heterocycles. The van der Waals surface area contributed by atoms with Crippen LogP contribution in [0.2, 0.25) is 0 Å². The minimum atomic E-state index is -0.192. The van der Waals surface area contributed by atoms with Gasteiger partial charge < -0.3 is 19.5 Å². The smallest absolute Gasteiger partial charge is 0.291 e. The third kappa shape index (κ3) is 4.21. The Kier molecular flexibility index (Phi) is 6.09. The number of furan rings is 1. The number of aryl methyl sites for hydroxylation is 2. The molecule has 0 bridgehead atoms. The van der Waals surface area contributed by atoms with Crippen molar-refractivity contribution in [1.82, 2.24) is 0 Å². The normalized spacial score (nSPS) is 20.1. The molecule has 0 aliphatic carbocycles. The van der Waals surface area contributed by atoms with Gasteiger partial charge in [-0.2, -0.15) is 0 Å². The highest BCUT2D eigenvalue weighted by molar-refractivity contribution is 7.16. The van der Waals surface area contributed by atoms with Crippen LogP contribution in [0.25, 0.3) is 0 Å². The van der Waals surface area contributed by atoms with Crippen LogP contribution in [0.15, 0.2) is 47.1 Å². The van der Waals surface area contributed by atoms with Gasteiger partial charge in [-0.1, -0.05) is 29.8 Å². The number of nitrogens with one attached hydrogen (secondary N) is 3. The summed E-state index contributed by atoms with van der Waals surface area (Å²) >= 11 is 1.67. The average Bonchev–Trinajstić information content (AvgIpc) is 3.36. The molecule has 0 spiro atoms. The van der Waals surface area contributed by atoms with Crippen LogP contribution in [-0.2, 0) is 0 Å². The molecule has 0 radical (unpaired) electrons. The van der Waals surface area contributed by atoms with Gasteiger partial charge in [0.2, 0.25) is 0 Å². The highest BCUT2D eigenvalue weighted by Gasteiger charge is 2.35. The Morgan fingerprint density at radius 2 is 1.77 bits per heavy atom. The molecule has 0 saturated carbocycles. The molecule has 30 heavy (non-hydrogen) atoms. The molecule has 1 fully saturated rings. The van der Waals surface area contributed by atoms with Gasteiger partial charge in [-0.15, -0.1) is 11.3 Å². The second kappa shape index (κ2) is 8.76. The second-order valence-electron chi connectivity index (χ2n) is 8.42. The molecular formula is C24H31N3O2S+2. The number of hydrogen-bond acceptors (Lipinski definition) is 3. The van der Waals surface area contributed by atoms with Crippen molar-refractivity contribution in [2.24, 2.45) is 0 Å². The van der Waals surface area contributed by atoms with Crippen LogP contribution in [0, 0.1) is 20.8 Å². The molecule has 4 rings (SSSR count). The zero-order chi connectivity index (χ0) is 21.3. The molecule has 1 saturated heterocycles. The van der Waals surface area contributed by atoms with Crippen LogP contribution >= 0.6 is 11.3 Å². The van der Waals surface area contributed by atoms with Gasteiger partial charge in [0.15, 0.2) is 5.76 Å². The fourth-order valence-electron chi connectivity index (χ4n) is 4.31. The van der Waals surface area contributed by atoms with Crippen molar-refractivity contribution < 1.29 is 19.0 Å². The summed E-state index contributed by atoms with van der Waals surface area (Å²) in [5.74, 6) is 0.148. The summed E-state index contributed by atoms with van der Waals surface area (Å²) in [6.07, 6.45) is 1.53. The molecule has 1 aromatic carbocycles. The van der Waals surface area contributed by atoms with E-state index in [1.54, 1.807) is 33.3 Å². The molecular weight excluding hydrogens is 394 g/mol. The first-order chi connectivity index (χ1) is 14.4. The number of thiophene rings is 1. The largest absolute Gasteiger partial charge is 0.459 e. The quantitative estimate of drug-likeness (QED) is 0.586. The third-order valence-electron chi connectivity index (χ3n) is 6.26. The van der Waals surface area contributed by atoms with E-state index in [4.69, 9.17) is 4.42 Å². The number of rotatable bonds is 5. The standard InChI is InChI=1S/C24H29N3O2S/c1-16-7-9-19(10-8-16)22(27-13-11-26(4)12-14-27)21-17(2)18(3)30-24(21)25-23(28)20-6-5-15-29-20/h5-10,15,22H,11-14H2,1-4H3,(H,25,28)/p+2/t22-/m0/s1. The van der Waals surface area contributed by atoms with Crippen LogP contribution in [0.4, 0.5) is 5.00 Å².